The van der Waals surface area contributed by atoms with E-state index in [1.54, 1.807) is 10.9 Å². The normalized spacial score (nSPS) is 25.1. The predicted octanol–water partition coefficient (Wildman–Crippen LogP) is 0.711. The number of carbonyl (C=O) groups excluding carboxylic acids is 2. The Morgan fingerprint density at radius 2 is 2.08 bits per heavy atom. The second kappa shape index (κ2) is 7.34. The Hall–Kier alpha value is -1.89. The number of amides is 2. The summed E-state index contributed by atoms with van der Waals surface area (Å²) < 4.78 is 7.38. The number of hydrogen-bond donors (Lipinski definition) is 1. The number of rotatable bonds is 5. The minimum atomic E-state index is -0.250. The minimum Gasteiger partial charge on any atom is -0.377 e. The summed E-state index contributed by atoms with van der Waals surface area (Å²) in [5, 5.41) is 4.17. The zero-order chi connectivity index (χ0) is 17.1. The van der Waals surface area contributed by atoms with Gasteiger partial charge in [-0.25, -0.2) is 0 Å². The summed E-state index contributed by atoms with van der Waals surface area (Å²) in [6.07, 6.45) is 7.11. The fraction of sp³-hybridized carbons (Fsp3) is 0.706. The second-order valence-electron chi connectivity index (χ2n) is 6.98. The fourth-order valence-corrected chi connectivity index (χ4v) is 3.74. The molecule has 7 heteroatoms. The van der Waals surface area contributed by atoms with E-state index in [1.165, 1.54) is 0 Å². The maximum absolute atomic E-state index is 12.3. The third kappa shape index (κ3) is 3.95. The van der Waals surface area contributed by atoms with E-state index in [0.717, 1.165) is 44.3 Å². The number of hydrogen-bond acceptors (Lipinski definition) is 4. The first-order valence-corrected chi connectivity index (χ1v) is 8.70. The maximum atomic E-state index is 12.3. The molecule has 0 saturated carbocycles. The van der Waals surface area contributed by atoms with Crippen molar-refractivity contribution in [3.63, 3.8) is 0 Å². The van der Waals surface area contributed by atoms with Crippen LogP contribution in [0, 0.1) is 18.8 Å². The first kappa shape index (κ1) is 17.0. The first-order chi connectivity index (χ1) is 11.5. The zero-order valence-electron chi connectivity index (χ0n) is 14.2. The van der Waals surface area contributed by atoms with E-state index in [0.29, 0.717) is 19.1 Å². The van der Waals surface area contributed by atoms with Crippen LogP contribution in [0.4, 0.5) is 0 Å². The van der Waals surface area contributed by atoms with E-state index < -0.39 is 0 Å². The van der Waals surface area contributed by atoms with Gasteiger partial charge in [0.05, 0.1) is 18.2 Å². The molecule has 7 nitrogen and oxygen atoms in total. The van der Waals surface area contributed by atoms with Crippen LogP contribution in [0.1, 0.15) is 31.2 Å². The molecule has 2 saturated heterocycles. The van der Waals surface area contributed by atoms with Crippen molar-refractivity contribution in [2.24, 2.45) is 17.6 Å². The van der Waals surface area contributed by atoms with Crippen LogP contribution in [0.25, 0.3) is 0 Å². The number of nitrogens with two attached hydrogens (primary N) is 1. The number of piperidine rings is 1. The second-order valence-corrected chi connectivity index (χ2v) is 6.98. The van der Waals surface area contributed by atoms with Crippen LogP contribution in [-0.4, -0.2) is 52.3 Å². The molecule has 2 aliphatic rings. The predicted molar refractivity (Wildman–Crippen MR) is 87.9 cm³/mol. The molecule has 3 rings (SSSR count). The Labute approximate surface area is 142 Å². The smallest absolute Gasteiger partial charge is 0.244 e. The minimum absolute atomic E-state index is 0.0400. The molecule has 0 aromatic carbocycles. The number of aromatic nitrogens is 2. The standard InChI is InChI=1S/C17H26N4O3/c1-12-9-19-21(10-12)11-16(22)20-5-2-13(3-6-20)8-15-14(17(18)23)4-7-24-15/h9-10,13-15H,2-8,11H2,1H3,(H2,18,23)/t14-,15-/m1/s1. The number of likely N-dealkylation sites (tertiary alicyclic amines) is 1. The summed E-state index contributed by atoms with van der Waals surface area (Å²) >= 11 is 0. The van der Waals surface area contributed by atoms with Crippen LogP contribution in [0.15, 0.2) is 12.4 Å². The van der Waals surface area contributed by atoms with Gasteiger partial charge in [-0.05, 0) is 44.1 Å². The Morgan fingerprint density at radius 1 is 1.33 bits per heavy atom. The highest BCUT2D eigenvalue weighted by Gasteiger charge is 2.35. The van der Waals surface area contributed by atoms with Gasteiger partial charge in [0.2, 0.25) is 11.8 Å². The van der Waals surface area contributed by atoms with Crippen molar-refractivity contribution in [1.82, 2.24) is 14.7 Å². The van der Waals surface area contributed by atoms with E-state index in [2.05, 4.69) is 5.10 Å². The van der Waals surface area contributed by atoms with Crippen molar-refractivity contribution >= 4 is 11.8 Å². The summed E-state index contributed by atoms with van der Waals surface area (Å²) in [5.74, 6) is 0.210. The molecule has 1 aromatic heterocycles. The lowest BCUT2D eigenvalue weighted by molar-refractivity contribution is -0.133. The molecule has 24 heavy (non-hydrogen) atoms. The van der Waals surface area contributed by atoms with Crippen molar-refractivity contribution in [1.29, 1.82) is 0 Å². The Kier molecular flexibility index (Phi) is 5.18. The molecule has 0 spiro atoms. The topological polar surface area (TPSA) is 90.4 Å². The molecule has 0 radical (unpaired) electrons. The highest BCUT2D eigenvalue weighted by molar-refractivity contribution is 5.77. The van der Waals surface area contributed by atoms with Gasteiger partial charge >= 0.3 is 0 Å². The van der Waals surface area contributed by atoms with Crippen molar-refractivity contribution in [2.45, 2.75) is 45.3 Å². The average molecular weight is 334 g/mol. The lowest BCUT2D eigenvalue weighted by Crippen LogP contribution is -2.41. The molecule has 2 aliphatic heterocycles. The van der Waals surface area contributed by atoms with Crippen molar-refractivity contribution in [2.75, 3.05) is 19.7 Å². The van der Waals surface area contributed by atoms with Crippen molar-refractivity contribution in [3.05, 3.63) is 18.0 Å². The van der Waals surface area contributed by atoms with Gasteiger partial charge in [0.15, 0.2) is 0 Å². The fourth-order valence-electron chi connectivity index (χ4n) is 3.74. The number of carbonyl (C=O) groups is 2. The Bertz CT molecular complexity index is 592. The molecule has 2 amide bonds. The molecule has 0 aliphatic carbocycles. The van der Waals surface area contributed by atoms with E-state index in [-0.39, 0.29) is 23.8 Å². The molecule has 2 N–H and O–H groups in total. The molecule has 2 atom stereocenters. The van der Waals surface area contributed by atoms with E-state index in [9.17, 15) is 9.59 Å². The Morgan fingerprint density at radius 3 is 2.71 bits per heavy atom. The van der Waals surface area contributed by atoms with Gasteiger partial charge in [0.1, 0.15) is 6.54 Å². The van der Waals surface area contributed by atoms with Crippen LogP contribution in [0.2, 0.25) is 0 Å². The highest BCUT2D eigenvalue weighted by Crippen LogP contribution is 2.30. The van der Waals surface area contributed by atoms with Gasteiger partial charge in [0, 0.05) is 25.9 Å². The molecular formula is C17H26N4O3. The molecular weight excluding hydrogens is 308 g/mol. The molecule has 3 heterocycles. The zero-order valence-corrected chi connectivity index (χ0v) is 14.2. The number of ether oxygens (including phenoxy) is 1. The van der Waals surface area contributed by atoms with E-state index >= 15 is 0 Å². The first-order valence-electron chi connectivity index (χ1n) is 8.70. The Balaban J connectivity index is 1.45. The van der Waals surface area contributed by atoms with Gasteiger partial charge in [-0.3, -0.25) is 14.3 Å². The van der Waals surface area contributed by atoms with Crippen LogP contribution < -0.4 is 5.73 Å². The average Bonchev–Trinajstić information content (AvgIpc) is 3.17. The van der Waals surface area contributed by atoms with Gasteiger partial charge < -0.3 is 15.4 Å². The lowest BCUT2D eigenvalue weighted by Gasteiger charge is -2.33. The maximum Gasteiger partial charge on any atom is 0.244 e. The highest BCUT2D eigenvalue weighted by atomic mass is 16.5. The van der Waals surface area contributed by atoms with Crippen molar-refractivity contribution < 1.29 is 14.3 Å². The van der Waals surface area contributed by atoms with Gasteiger partial charge in [-0.15, -0.1) is 0 Å². The molecule has 0 unspecified atom stereocenters. The summed E-state index contributed by atoms with van der Waals surface area (Å²) in [5.41, 5.74) is 6.51. The molecule has 0 bridgehead atoms. The monoisotopic (exact) mass is 334 g/mol. The molecule has 2 fully saturated rings. The summed E-state index contributed by atoms with van der Waals surface area (Å²) in [6.45, 7) is 4.41. The summed E-state index contributed by atoms with van der Waals surface area (Å²) in [4.78, 5) is 25.7. The van der Waals surface area contributed by atoms with Crippen LogP contribution in [-0.2, 0) is 20.9 Å². The summed E-state index contributed by atoms with van der Waals surface area (Å²) in [6, 6.07) is 0. The number of aryl methyl sites for hydroxylation is 1. The van der Waals surface area contributed by atoms with E-state index in [1.807, 2.05) is 18.0 Å². The van der Waals surface area contributed by atoms with Gasteiger partial charge in [-0.1, -0.05) is 0 Å². The van der Waals surface area contributed by atoms with Crippen LogP contribution >= 0.6 is 0 Å². The van der Waals surface area contributed by atoms with Crippen LogP contribution in [0.3, 0.4) is 0 Å². The number of primary amides is 1. The molecule has 132 valence electrons. The van der Waals surface area contributed by atoms with Gasteiger partial charge in [0.25, 0.3) is 0 Å². The van der Waals surface area contributed by atoms with Crippen molar-refractivity contribution in [3.8, 4) is 0 Å². The quantitative estimate of drug-likeness (QED) is 0.858. The largest absolute Gasteiger partial charge is 0.377 e. The lowest BCUT2D eigenvalue weighted by atomic mass is 9.86. The number of nitrogens with zero attached hydrogens (tertiary/aromatic N) is 3. The van der Waals surface area contributed by atoms with Gasteiger partial charge in [-0.2, -0.15) is 5.10 Å². The van der Waals surface area contributed by atoms with E-state index in [4.69, 9.17) is 10.5 Å². The van der Waals surface area contributed by atoms with Crippen LogP contribution in [0.5, 0.6) is 0 Å². The molecule has 1 aromatic rings. The SMILES string of the molecule is Cc1cnn(CC(=O)N2CCC(C[C@H]3OCC[C@H]3C(N)=O)CC2)c1. The third-order valence-corrected chi connectivity index (χ3v) is 5.17. The third-order valence-electron chi connectivity index (χ3n) is 5.17. The summed E-state index contributed by atoms with van der Waals surface area (Å²) in [7, 11) is 0.